The molecule has 0 saturated carbocycles. The van der Waals surface area contributed by atoms with E-state index in [1.54, 1.807) is 6.92 Å². The van der Waals surface area contributed by atoms with Crippen LogP contribution in [0.25, 0.3) is 0 Å². The fourth-order valence-corrected chi connectivity index (χ4v) is 1.83. The van der Waals surface area contributed by atoms with E-state index in [1.165, 1.54) is 0 Å². The molecular formula is C8H14N6O3S. The smallest absolute Gasteiger partial charge is 0.354 e. The van der Waals surface area contributed by atoms with Crippen LogP contribution < -0.4 is 16.6 Å². The van der Waals surface area contributed by atoms with E-state index in [2.05, 4.69) is 20.7 Å². The molecule has 9 nitrogen and oxygen atoms in total. The molecule has 100 valence electrons. The summed E-state index contributed by atoms with van der Waals surface area (Å²) in [5.41, 5.74) is 1.80. The normalized spacial score (nSPS) is 11.9. The van der Waals surface area contributed by atoms with Crippen molar-refractivity contribution in [3.8, 4) is 0 Å². The van der Waals surface area contributed by atoms with E-state index in [4.69, 9.17) is 5.84 Å². The quantitative estimate of drug-likeness (QED) is 0.355. The molecule has 0 bridgehead atoms. The maximum absolute atomic E-state index is 11.2. The first-order valence-corrected chi connectivity index (χ1v) is 6.63. The molecule has 1 heterocycles. The third kappa shape index (κ3) is 3.60. The molecule has 0 aliphatic carbocycles. The van der Waals surface area contributed by atoms with Crippen molar-refractivity contribution >= 4 is 28.1 Å². The third-order valence-electron chi connectivity index (χ3n) is 2.09. The SMILES string of the molecule is CCS(=O)CCNc1ncnc(NN)c1[N+](=O)[O-]. The Morgan fingerprint density at radius 1 is 1.50 bits per heavy atom. The summed E-state index contributed by atoms with van der Waals surface area (Å²) in [6, 6.07) is 0. The van der Waals surface area contributed by atoms with Crippen LogP contribution in [0.1, 0.15) is 6.92 Å². The van der Waals surface area contributed by atoms with E-state index in [9.17, 15) is 14.3 Å². The van der Waals surface area contributed by atoms with Crippen LogP contribution in [0.3, 0.4) is 0 Å². The Labute approximate surface area is 106 Å². The summed E-state index contributed by atoms with van der Waals surface area (Å²) < 4.78 is 11.2. The monoisotopic (exact) mass is 274 g/mol. The van der Waals surface area contributed by atoms with Crippen molar-refractivity contribution in [3.63, 3.8) is 0 Å². The predicted molar refractivity (Wildman–Crippen MR) is 68.5 cm³/mol. The van der Waals surface area contributed by atoms with Crippen molar-refractivity contribution in [3.05, 3.63) is 16.4 Å². The molecule has 18 heavy (non-hydrogen) atoms. The van der Waals surface area contributed by atoms with Gasteiger partial charge in [0.15, 0.2) is 0 Å². The average molecular weight is 274 g/mol. The van der Waals surface area contributed by atoms with Gasteiger partial charge in [-0.05, 0) is 0 Å². The minimum Gasteiger partial charge on any atom is -0.363 e. The standard InChI is InChI=1S/C8H14N6O3S/c1-2-18(17)4-3-10-7-6(14(15)16)8(13-9)12-5-11-7/h5H,2-4,9H2,1H3,(H2,10,11,12,13). The summed E-state index contributed by atoms with van der Waals surface area (Å²) in [5, 5.41) is 13.6. The molecule has 0 spiro atoms. The van der Waals surface area contributed by atoms with Gasteiger partial charge in [0.05, 0.1) is 4.92 Å². The van der Waals surface area contributed by atoms with Crippen molar-refractivity contribution in [2.75, 3.05) is 28.8 Å². The summed E-state index contributed by atoms with van der Waals surface area (Å²) in [6.07, 6.45) is 1.15. The van der Waals surface area contributed by atoms with Gasteiger partial charge < -0.3 is 10.7 Å². The maximum atomic E-state index is 11.2. The number of nitrogens with zero attached hydrogens (tertiary/aromatic N) is 3. The van der Waals surface area contributed by atoms with Crippen LogP contribution in [0.2, 0.25) is 0 Å². The fourth-order valence-electron chi connectivity index (χ4n) is 1.21. The second-order valence-electron chi connectivity index (χ2n) is 3.18. The zero-order valence-corrected chi connectivity index (χ0v) is 10.6. The zero-order valence-electron chi connectivity index (χ0n) is 9.75. The number of anilines is 2. The van der Waals surface area contributed by atoms with Crippen LogP contribution in [-0.4, -0.2) is 37.2 Å². The van der Waals surface area contributed by atoms with Crippen LogP contribution in [0.4, 0.5) is 17.3 Å². The summed E-state index contributed by atoms with van der Waals surface area (Å²) in [5.74, 6) is 6.05. The molecule has 1 aromatic heterocycles. The first kappa shape index (κ1) is 14.3. The number of hydrazine groups is 1. The van der Waals surface area contributed by atoms with Crippen molar-refractivity contribution in [2.45, 2.75) is 6.92 Å². The molecule has 1 unspecified atom stereocenters. The van der Waals surface area contributed by atoms with Crippen molar-refractivity contribution in [1.29, 1.82) is 0 Å². The van der Waals surface area contributed by atoms with E-state index in [0.29, 0.717) is 18.1 Å². The van der Waals surface area contributed by atoms with Gasteiger partial charge in [0, 0.05) is 28.9 Å². The molecular weight excluding hydrogens is 260 g/mol. The highest BCUT2D eigenvalue weighted by Crippen LogP contribution is 2.27. The van der Waals surface area contributed by atoms with Crippen LogP contribution in [-0.2, 0) is 10.8 Å². The Balaban J connectivity index is 2.82. The largest absolute Gasteiger partial charge is 0.363 e. The zero-order chi connectivity index (χ0) is 13.5. The Morgan fingerprint density at radius 2 is 2.17 bits per heavy atom. The summed E-state index contributed by atoms with van der Waals surface area (Å²) >= 11 is 0. The Kier molecular flexibility index (Phi) is 5.39. The van der Waals surface area contributed by atoms with Crippen LogP contribution in [0.15, 0.2) is 6.33 Å². The summed E-state index contributed by atoms with van der Waals surface area (Å²) in [6.45, 7) is 2.13. The van der Waals surface area contributed by atoms with Gasteiger partial charge in [-0.2, -0.15) is 0 Å². The molecule has 1 aromatic rings. The predicted octanol–water partition coefficient (Wildman–Crippen LogP) is -0.149. The van der Waals surface area contributed by atoms with Gasteiger partial charge in [-0.3, -0.25) is 14.3 Å². The van der Waals surface area contributed by atoms with E-state index >= 15 is 0 Å². The lowest BCUT2D eigenvalue weighted by Gasteiger charge is -2.07. The van der Waals surface area contributed by atoms with Gasteiger partial charge in [-0.25, -0.2) is 15.8 Å². The number of nitro groups is 1. The second kappa shape index (κ2) is 6.81. The molecule has 0 saturated heterocycles. The second-order valence-corrected chi connectivity index (χ2v) is 5.05. The summed E-state index contributed by atoms with van der Waals surface area (Å²) in [7, 11) is -0.941. The number of nitrogens with one attached hydrogen (secondary N) is 2. The molecule has 0 aromatic carbocycles. The van der Waals surface area contributed by atoms with E-state index in [1.807, 2.05) is 0 Å². The molecule has 0 fully saturated rings. The molecule has 10 heteroatoms. The van der Waals surface area contributed by atoms with Gasteiger partial charge in [0.1, 0.15) is 6.33 Å². The highest BCUT2D eigenvalue weighted by atomic mass is 32.2. The minimum absolute atomic E-state index is 0.0519. The third-order valence-corrected chi connectivity index (χ3v) is 3.39. The van der Waals surface area contributed by atoms with Gasteiger partial charge in [-0.1, -0.05) is 6.92 Å². The first-order valence-electron chi connectivity index (χ1n) is 5.15. The first-order chi connectivity index (χ1) is 8.60. The van der Waals surface area contributed by atoms with Crippen molar-refractivity contribution < 1.29 is 9.13 Å². The van der Waals surface area contributed by atoms with Gasteiger partial charge >= 0.3 is 5.69 Å². The molecule has 0 radical (unpaired) electrons. The lowest BCUT2D eigenvalue weighted by molar-refractivity contribution is -0.383. The number of hydrogen-bond acceptors (Lipinski definition) is 8. The molecule has 0 aliphatic rings. The Hall–Kier alpha value is -1.81. The number of hydrogen-bond donors (Lipinski definition) is 3. The topological polar surface area (TPSA) is 136 Å². The lowest BCUT2D eigenvalue weighted by Crippen LogP contribution is -2.16. The van der Waals surface area contributed by atoms with Crippen LogP contribution in [0.5, 0.6) is 0 Å². The van der Waals surface area contributed by atoms with Crippen molar-refractivity contribution in [1.82, 2.24) is 9.97 Å². The molecule has 4 N–H and O–H groups in total. The van der Waals surface area contributed by atoms with Gasteiger partial charge in [0.25, 0.3) is 0 Å². The molecule has 1 rings (SSSR count). The van der Waals surface area contributed by atoms with Crippen molar-refractivity contribution in [2.24, 2.45) is 5.84 Å². The number of aromatic nitrogens is 2. The fraction of sp³-hybridized carbons (Fsp3) is 0.500. The van der Waals surface area contributed by atoms with E-state index in [-0.39, 0.29) is 17.3 Å². The van der Waals surface area contributed by atoms with E-state index < -0.39 is 15.7 Å². The molecule has 0 aliphatic heterocycles. The Bertz CT molecular complexity index is 454. The number of nitrogen functional groups attached to an aromatic ring is 1. The average Bonchev–Trinajstić information content (AvgIpc) is 2.37. The van der Waals surface area contributed by atoms with E-state index in [0.717, 1.165) is 6.33 Å². The van der Waals surface area contributed by atoms with Gasteiger partial charge in [0.2, 0.25) is 11.6 Å². The van der Waals surface area contributed by atoms with Gasteiger partial charge in [-0.15, -0.1) is 0 Å². The van der Waals surface area contributed by atoms with Crippen LogP contribution >= 0.6 is 0 Å². The minimum atomic E-state index is -0.941. The number of rotatable bonds is 7. The molecule has 1 atom stereocenters. The highest BCUT2D eigenvalue weighted by molar-refractivity contribution is 7.84. The maximum Gasteiger partial charge on any atom is 0.354 e. The number of nitrogens with two attached hydrogens (primary N) is 1. The summed E-state index contributed by atoms with van der Waals surface area (Å²) in [4.78, 5) is 17.7. The Morgan fingerprint density at radius 3 is 2.72 bits per heavy atom. The lowest BCUT2D eigenvalue weighted by atomic mass is 10.4. The molecule has 0 amide bonds. The van der Waals surface area contributed by atoms with Crippen LogP contribution in [0, 0.1) is 10.1 Å². The highest BCUT2D eigenvalue weighted by Gasteiger charge is 2.21.